The average molecular weight is 292 g/mol. The molecule has 1 unspecified atom stereocenters. The molecule has 112 valence electrons. The van der Waals surface area contributed by atoms with E-state index in [1.54, 1.807) is 6.92 Å². The summed E-state index contributed by atoms with van der Waals surface area (Å²) < 4.78 is 13.7. The minimum absolute atomic E-state index is 0.0157. The van der Waals surface area contributed by atoms with Crippen LogP contribution in [0, 0.1) is 17.1 Å². The Balaban J connectivity index is 2.72. The van der Waals surface area contributed by atoms with Gasteiger partial charge >= 0.3 is 6.03 Å². The van der Waals surface area contributed by atoms with Crippen molar-refractivity contribution in [3.05, 3.63) is 29.6 Å². The van der Waals surface area contributed by atoms with Gasteiger partial charge in [-0.25, -0.2) is 9.18 Å². The van der Waals surface area contributed by atoms with Crippen molar-refractivity contribution in [2.24, 2.45) is 0 Å². The molecule has 1 rings (SSSR count). The highest BCUT2D eigenvalue weighted by Gasteiger charge is 2.19. The first kappa shape index (κ1) is 16.4. The number of rotatable bonds is 4. The Morgan fingerprint density at radius 1 is 1.48 bits per heavy atom. The number of benzene rings is 1. The van der Waals surface area contributed by atoms with Crippen LogP contribution >= 0.6 is 0 Å². The number of carbonyl (C=O) groups excluding carboxylic acids is 2. The predicted molar refractivity (Wildman–Crippen MR) is 76.0 cm³/mol. The quantitative estimate of drug-likeness (QED) is 0.885. The van der Waals surface area contributed by atoms with Gasteiger partial charge in [0.15, 0.2) is 0 Å². The number of halogens is 1. The van der Waals surface area contributed by atoms with Gasteiger partial charge in [-0.15, -0.1) is 0 Å². The monoisotopic (exact) mass is 292 g/mol. The first-order valence-corrected chi connectivity index (χ1v) is 6.33. The smallest absolute Gasteiger partial charge is 0.321 e. The highest BCUT2D eigenvalue weighted by molar-refractivity contribution is 5.90. The van der Waals surface area contributed by atoms with E-state index >= 15 is 0 Å². The molecule has 7 heteroatoms. The van der Waals surface area contributed by atoms with E-state index in [4.69, 9.17) is 5.26 Å². The van der Waals surface area contributed by atoms with Gasteiger partial charge < -0.3 is 15.5 Å². The second-order valence-electron chi connectivity index (χ2n) is 4.57. The van der Waals surface area contributed by atoms with Crippen molar-refractivity contribution in [2.75, 3.05) is 19.4 Å². The van der Waals surface area contributed by atoms with Gasteiger partial charge in [0, 0.05) is 26.6 Å². The average Bonchev–Trinajstić information content (AvgIpc) is 2.47. The standard InChI is InChI=1S/C14H17FN4O2/c1-9(6-13(20)17-2)19(3)14(21)18-12-5-4-10(8-16)7-11(12)15/h4-5,7,9H,6H2,1-3H3,(H,17,20)(H,18,21). The van der Waals surface area contributed by atoms with Crippen LogP contribution in [0.4, 0.5) is 14.9 Å². The van der Waals surface area contributed by atoms with Gasteiger partial charge in [0.2, 0.25) is 5.91 Å². The first-order valence-electron chi connectivity index (χ1n) is 6.33. The molecule has 0 spiro atoms. The molecule has 1 aromatic rings. The number of anilines is 1. The van der Waals surface area contributed by atoms with E-state index in [1.165, 1.54) is 31.1 Å². The van der Waals surface area contributed by atoms with Crippen molar-refractivity contribution >= 4 is 17.6 Å². The highest BCUT2D eigenvalue weighted by atomic mass is 19.1. The molecule has 1 aromatic carbocycles. The number of nitrogens with zero attached hydrogens (tertiary/aromatic N) is 2. The summed E-state index contributed by atoms with van der Waals surface area (Å²) in [7, 11) is 3.03. The summed E-state index contributed by atoms with van der Waals surface area (Å²) in [4.78, 5) is 24.6. The van der Waals surface area contributed by atoms with Crippen LogP contribution in [-0.4, -0.2) is 37.0 Å². The number of hydrogen-bond donors (Lipinski definition) is 2. The zero-order chi connectivity index (χ0) is 16.0. The normalized spacial score (nSPS) is 11.2. The van der Waals surface area contributed by atoms with E-state index in [9.17, 15) is 14.0 Å². The van der Waals surface area contributed by atoms with E-state index in [2.05, 4.69) is 10.6 Å². The fourth-order valence-corrected chi connectivity index (χ4v) is 1.60. The Morgan fingerprint density at radius 3 is 2.67 bits per heavy atom. The molecule has 0 aromatic heterocycles. The molecule has 0 saturated carbocycles. The van der Waals surface area contributed by atoms with Crippen LogP contribution in [0.15, 0.2) is 18.2 Å². The van der Waals surface area contributed by atoms with Crippen LogP contribution in [0.2, 0.25) is 0 Å². The summed E-state index contributed by atoms with van der Waals surface area (Å²) in [5.74, 6) is -0.874. The Labute approximate surface area is 122 Å². The zero-order valence-corrected chi connectivity index (χ0v) is 12.1. The predicted octanol–water partition coefficient (Wildman–Crippen LogP) is 1.69. The topological polar surface area (TPSA) is 85.2 Å². The largest absolute Gasteiger partial charge is 0.359 e. The molecule has 0 bridgehead atoms. The number of carbonyl (C=O) groups is 2. The van der Waals surface area contributed by atoms with Gasteiger partial charge in [0.1, 0.15) is 5.82 Å². The number of nitrogens with one attached hydrogen (secondary N) is 2. The summed E-state index contributed by atoms with van der Waals surface area (Å²) in [6, 6.07) is 4.71. The summed E-state index contributed by atoms with van der Waals surface area (Å²) >= 11 is 0. The molecule has 0 aliphatic heterocycles. The minimum atomic E-state index is -0.685. The van der Waals surface area contributed by atoms with Crippen molar-refractivity contribution in [3.63, 3.8) is 0 Å². The molecule has 0 fully saturated rings. The van der Waals surface area contributed by atoms with Crippen molar-refractivity contribution in [3.8, 4) is 6.07 Å². The van der Waals surface area contributed by atoms with Gasteiger partial charge in [0.05, 0.1) is 17.3 Å². The van der Waals surface area contributed by atoms with Crippen molar-refractivity contribution in [2.45, 2.75) is 19.4 Å². The number of amides is 3. The molecule has 21 heavy (non-hydrogen) atoms. The van der Waals surface area contributed by atoms with Crippen LogP contribution in [-0.2, 0) is 4.79 Å². The van der Waals surface area contributed by atoms with E-state index in [0.29, 0.717) is 0 Å². The molecule has 0 heterocycles. The fraction of sp³-hybridized carbons (Fsp3) is 0.357. The van der Waals surface area contributed by atoms with Crippen LogP contribution in [0.1, 0.15) is 18.9 Å². The maximum Gasteiger partial charge on any atom is 0.321 e. The second-order valence-corrected chi connectivity index (χ2v) is 4.57. The van der Waals surface area contributed by atoms with Crippen molar-refractivity contribution in [1.29, 1.82) is 5.26 Å². The van der Waals surface area contributed by atoms with Crippen molar-refractivity contribution in [1.82, 2.24) is 10.2 Å². The van der Waals surface area contributed by atoms with Gasteiger partial charge in [-0.2, -0.15) is 5.26 Å². The SMILES string of the molecule is CNC(=O)CC(C)N(C)C(=O)Nc1ccc(C#N)cc1F. The Morgan fingerprint density at radius 2 is 2.14 bits per heavy atom. The maximum atomic E-state index is 13.7. The van der Waals surface area contributed by atoms with Crippen LogP contribution in [0.25, 0.3) is 0 Å². The lowest BCUT2D eigenvalue weighted by Crippen LogP contribution is -2.40. The molecule has 2 N–H and O–H groups in total. The van der Waals surface area contributed by atoms with Crippen LogP contribution in [0.5, 0.6) is 0 Å². The molecule has 6 nitrogen and oxygen atoms in total. The lowest BCUT2D eigenvalue weighted by Gasteiger charge is -2.24. The van der Waals surface area contributed by atoms with Gasteiger partial charge in [-0.05, 0) is 25.1 Å². The van der Waals surface area contributed by atoms with Gasteiger partial charge in [0.25, 0.3) is 0 Å². The van der Waals surface area contributed by atoms with E-state index in [-0.39, 0.29) is 29.6 Å². The summed E-state index contributed by atoms with van der Waals surface area (Å²) in [5.41, 5.74) is 0.157. The second kappa shape index (κ2) is 7.24. The summed E-state index contributed by atoms with van der Waals surface area (Å²) in [5, 5.41) is 13.5. The first-order chi connectivity index (χ1) is 9.88. The summed E-state index contributed by atoms with van der Waals surface area (Å²) in [6.45, 7) is 1.71. The fourth-order valence-electron chi connectivity index (χ4n) is 1.60. The molecule has 0 aliphatic carbocycles. The lowest BCUT2D eigenvalue weighted by molar-refractivity contribution is -0.121. The summed E-state index contributed by atoms with van der Waals surface area (Å²) in [6.07, 6.45) is 0.149. The minimum Gasteiger partial charge on any atom is -0.359 e. The van der Waals surface area contributed by atoms with Crippen molar-refractivity contribution < 1.29 is 14.0 Å². The number of urea groups is 1. The molecule has 0 radical (unpaired) electrons. The third kappa shape index (κ3) is 4.45. The van der Waals surface area contributed by atoms with E-state index < -0.39 is 11.8 Å². The number of hydrogen-bond acceptors (Lipinski definition) is 3. The zero-order valence-electron chi connectivity index (χ0n) is 12.1. The molecular weight excluding hydrogens is 275 g/mol. The van der Waals surface area contributed by atoms with E-state index in [1.807, 2.05) is 6.07 Å². The highest BCUT2D eigenvalue weighted by Crippen LogP contribution is 2.16. The van der Waals surface area contributed by atoms with Crippen LogP contribution in [0.3, 0.4) is 0 Å². The lowest BCUT2D eigenvalue weighted by atomic mass is 10.2. The third-order valence-corrected chi connectivity index (χ3v) is 3.08. The molecule has 0 saturated heterocycles. The molecule has 3 amide bonds. The molecule has 0 aliphatic rings. The number of nitriles is 1. The third-order valence-electron chi connectivity index (χ3n) is 3.08. The van der Waals surface area contributed by atoms with Gasteiger partial charge in [-0.1, -0.05) is 0 Å². The Hall–Kier alpha value is -2.62. The van der Waals surface area contributed by atoms with Crippen LogP contribution < -0.4 is 10.6 Å². The Kier molecular flexibility index (Phi) is 5.67. The van der Waals surface area contributed by atoms with E-state index in [0.717, 1.165) is 6.07 Å². The van der Waals surface area contributed by atoms with Gasteiger partial charge in [-0.3, -0.25) is 4.79 Å². The Bertz CT molecular complexity index is 583. The maximum absolute atomic E-state index is 13.7. The molecular formula is C14H17FN4O2. The molecule has 1 atom stereocenters.